The van der Waals surface area contributed by atoms with E-state index in [9.17, 15) is 9.59 Å². The lowest BCUT2D eigenvalue weighted by atomic mass is 9.86. The van der Waals surface area contributed by atoms with E-state index in [1.54, 1.807) is 25.3 Å². The van der Waals surface area contributed by atoms with Gasteiger partial charge in [-0.25, -0.2) is 0 Å². The normalized spacial score (nSPS) is 20.9. The lowest BCUT2D eigenvalue weighted by Crippen LogP contribution is -2.62. The molecule has 38 heavy (non-hydrogen) atoms. The molecule has 4 rings (SSSR count). The number of carbonyl (C=O) groups excluding carboxylic acids is 2. The number of guanidine groups is 1. The fourth-order valence-electron chi connectivity index (χ4n) is 5.33. The number of hydrogen-bond donors (Lipinski definition) is 3. The monoisotopic (exact) mass is 516 g/mol. The Hall–Kier alpha value is -3.83. The van der Waals surface area contributed by atoms with Crippen molar-refractivity contribution in [2.24, 2.45) is 5.92 Å². The summed E-state index contributed by atoms with van der Waals surface area (Å²) in [4.78, 5) is 28.3. The van der Waals surface area contributed by atoms with Gasteiger partial charge in [-0.1, -0.05) is 50.1 Å². The van der Waals surface area contributed by atoms with E-state index >= 15 is 0 Å². The Morgan fingerprint density at radius 1 is 1.29 bits per heavy atom. The molecule has 0 aromatic heterocycles. The number of nitrogens with zero attached hydrogens (tertiary/aromatic N) is 1. The average molecular weight is 517 g/mol. The third-order valence-electron chi connectivity index (χ3n) is 7.75. The maximum absolute atomic E-state index is 13.5. The molecule has 2 aliphatic heterocycles. The first-order valence-electron chi connectivity index (χ1n) is 13.1. The van der Waals surface area contributed by atoms with E-state index in [1.165, 1.54) is 4.90 Å². The number of ether oxygens (including phenoxy) is 2. The minimum Gasteiger partial charge on any atom is -0.492 e. The molecule has 2 heterocycles. The highest BCUT2D eigenvalue weighted by atomic mass is 16.5. The fraction of sp³-hybridized carbons (Fsp3) is 0.433. The zero-order valence-corrected chi connectivity index (χ0v) is 22.3. The topological polar surface area (TPSA) is 104 Å². The Balaban J connectivity index is 1.61. The van der Waals surface area contributed by atoms with E-state index in [0.717, 1.165) is 24.0 Å². The number of para-hydroxylation sites is 1. The van der Waals surface area contributed by atoms with E-state index in [0.29, 0.717) is 37.4 Å². The van der Waals surface area contributed by atoms with Gasteiger partial charge >= 0.3 is 0 Å². The molecule has 8 heteroatoms. The number of rotatable bonds is 9. The Bertz CT molecular complexity index is 1210. The lowest BCUT2D eigenvalue weighted by Gasteiger charge is -2.45. The quantitative estimate of drug-likeness (QED) is 0.434. The molecule has 2 aromatic carbocycles. The highest BCUT2D eigenvalue weighted by Crippen LogP contribution is 2.36. The molecule has 2 aromatic rings. The maximum Gasteiger partial charge on any atom is 0.251 e. The largest absolute Gasteiger partial charge is 0.492 e. The van der Waals surface area contributed by atoms with Crippen LogP contribution in [-0.2, 0) is 9.53 Å². The van der Waals surface area contributed by atoms with Gasteiger partial charge in [0.25, 0.3) is 5.91 Å². The lowest BCUT2D eigenvalue weighted by molar-refractivity contribution is -0.133. The van der Waals surface area contributed by atoms with Crippen LogP contribution in [-0.4, -0.2) is 48.5 Å². The van der Waals surface area contributed by atoms with Crippen molar-refractivity contribution in [3.05, 3.63) is 65.2 Å². The molecule has 1 fully saturated rings. The van der Waals surface area contributed by atoms with E-state index in [4.69, 9.17) is 21.3 Å². The number of terminal acetylenes is 1. The molecule has 200 valence electrons. The third-order valence-corrected chi connectivity index (χ3v) is 7.75. The standard InChI is InChI=1S/C30H36N4O4/c1-5-20-19-38-25-14-9-8-13-23(25)27(20)32-28(36)22-12-10-11-21(17-22)24(15-16-37-4)34-26(35)18-30(6-2,7-3)33-29(34)31/h1,8-14,17,20,24,27H,6-7,15-16,18-19H2,2-4H3,(H2,31,33)(H,32,36)/t20-,24?,27+/m1/s1. The number of benzene rings is 2. The molecule has 3 atom stereocenters. The predicted octanol–water partition coefficient (Wildman–Crippen LogP) is 4.19. The van der Waals surface area contributed by atoms with Crippen molar-refractivity contribution in [2.75, 3.05) is 20.3 Å². The number of methoxy groups -OCH3 is 1. The first-order chi connectivity index (χ1) is 18.4. The molecule has 3 N–H and O–H groups in total. The van der Waals surface area contributed by atoms with Crippen LogP contribution in [0.15, 0.2) is 48.5 Å². The number of nitrogens with one attached hydrogen (secondary N) is 3. The van der Waals surface area contributed by atoms with Gasteiger partial charge in [0.05, 0.1) is 24.4 Å². The molecule has 1 unspecified atom stereocenters. The number of carbonyl (C=O) groups is 2. The van der Waals surface area contributed by atoms with Gasteiger partial charge in [-0.2, -0.15) is 0 Å². The molecule has 0 aliphatic carbocycles. The summed E-state index contributed by atoms with van der Waals surface area (Å²) in [6.07, 6.45) is 8.05. The van der Waals surface area contributed by atoms with E-state index in [-0.39, 0.29) is 29.7 Å². The summed E-state index contributed by atoms with van der Waals surface area (Å²) in [5, 5.41) is 15.1. The second kappa shape index (κ2) is 11.7. The van der Waals surface area contributed by atoms with Gasteiger partial charge in [0.15, 0.2) is 5.96 Å². The zero-order chi connectivity index (χ0) is 27.3. The molecular formula is C30H36N4O4. The Kier molecular flexibility index (Phi) is 8.38. The summed E-state index contributed by atoms with van der Waals surface area (Å²) in [7, 11) is 1.61. The smallest absolute Gasteiger partial charge is 0.251 e. The molecule has 0 spiro atoms. The molecule has 1 saturated heterocycles. The minimum absolute atomic E-state index is 0.0802. The zero-order valence-electron chi connectivity index (χ0n) is 22.3. The van der Waals surface area contributed by atoms with Crippen LogP contribution >= 0.6 is 0 Å². The van der Waals surface area contributed by atoms with Crippen molar-refractivity contribution in [3.8, 4) is 18.1 Å². The summed E-state index contributed by atoms with van der Waals surface area (Å²) >= 11 is 0. The molecule has 0 radical (unpaired) electrons. The summed E-state index contributed by atoms with van der Waals surface area (Å²) in [6.45, 7) is 4.77. The molecule has 8 nitrogen and oxygen atoms in total. The van der Waals surface area contributed by atoms with Gasteiger partial charge in [-0.05, 0) is 43.0 Å². The highest BCUT2D eigenvalue weighted by molar-refractivity contribution is 6.00. The molecular weight excluding hydrogens is 480 g/mol. The Labute approximate surface area is 224 Å². The van der Waals surface area contributed by atoms with Crippen molar-refractivity contribution in [2.45, 2.75) is 57.2 Å². The molecule has 2 amide bonds. The maximum atomic E-state index is 13.5. The van der Waals surface area contributed by atoms with Gasteiger partial charge in [-0.3, -0.25) is 19.9 Å². The summed E-state index contributed by atoms with van der Waals surface area (Å²) in [5.74, 6) is 2.85. The van der Waals surface area contributed by atoms with Crippen LogP contribution < -0.4 is 15.4 Å². The van der Waals surface area contributed by atoms with Gasteiger partial charge in [0.2, 0.25) is 5.91 Å². The number of fused-ring (bicyclic) bond motifs is 1. The van der Waals surface area contributed by atoms with Crippen LogP contribution in [0.1, 0.15) is 73.1 Å². The van der Waals surface area contributed by atoms with Gasteiger partial charge in [0.1, 0.15) is 12.4 Å². The average Bonchev–Trinajstić information content (AvgIpc) is 2.94. The Morgan fingerprint density at radius 2 is 2.05 bits per heavy atom. The summed E-state index contributed by atoms with van der Waals surface area (Å²) < 4.78 is 11.1. The second-order valence-electron chi connectivity index (χ2n) is 9.90. The number of hydrogen-bond acceptors (Lipinski definition) is 5. The van der Waals surface area contributed by atoms with Gasteiger partial charge in [-0.15, -0.1) is 6.42 Å². The number of amides is 2. The fourth-order valence-corrected chi connectivity index (χ4v) is 5.33. The van der Waals surface area contributed by atoms with Crippen molar-refractivity contribution < 1.29 is 19.1 Å². The van der Waals surface area contributed by atoms with Crippen molar-refractivity contribution >= 4 is 17.8 Å². The second-order valence-corrected chi connectivity index (χ2v) is 9.90. The van der Waals surface area contributed by atoms with Crippen LogP contribution in [0.3, 0.4) is 0 Å². The molecule has 0 saturated carbocycles. The summed E-state index contributed by atoms with van der Waals surface area (Å²) in [6, 6.07) is 13.9. The van der Waals surface area contributed by atoms with Crippen molar-refractivity contribution in [1.82, 2.24) is 15.5 Å². The van der Waals surface area contributed by atoms with Gasteiger partial charge < -0.3 is 20.1 Å². The minimum atomic E-state index is -0.454. The highest BCUT2D eigenvalue weighted by Gasteiger charge is 2.42. The third kappa shape index (κ3) is 5.39. The first kappa shape index (κ1) is 27.2. The summed E-state index contributed by atoms with van der Waals surface area (Å²) in [5.41, 5.74) is 1.64. The van der Waals surface area contributed by atoms with E-state index in [2.05, 4.69) is 16.6 Å². The van der Waals surface area contributed by atoms with Crippen LogP contribution in [0.5, 0.6) is 5.75 Å². The van der Waals surface area contributed by atoms with Crippen LogP contribution in [0, 0.1) is 23.7 Å². The first-order valence-corrected chi connectivity index (χ1v) is 13.1. The van der Waals surface area contributed by atoms with Crippen molar-refractivity contribution in [1.29, 1.82) is 5.41 Å². The van der Waals surface area contributed by atoms with E-state index in [1.807, 2.05) is 44.2 Å². The van der Waals surface area contributed by atoms with Crippen LogP contribution in [0.4, 0.5) is 0 Å². The van der Waals surface area contributed by atoms with Gasteiger partial charge in [0, 0.05) is 30.4 Å². The SMILES string of the molecule is C#C[C@@H]1COc2ccccc2[C@H]1NC(=O)c1cccc(C(CCOC)N2C(=N)NC(CC)(CC)CC2=O)c1. The molecule has 0 bridgehead atoms. The molecule has 2 aliphatic rings. The van der Waals surface area contributed by atoms with E-state index < -0.39 is 11.6 Å². The predicted molar refractivity (Wildman–Crippen MR) is 146 cm³/mol. The van der Waals surface area contributed by atoms with Crippen LogP contribution in [0.2, 0.25) is 0 Å². The van der Waals surface area contributed by atoms with Crippen molar-refractivity contribution in [3.63, 3.8) is 0 Å². The van der Waals surface area contributed by atoms with Crippen LogP contribution in [0.25, 0.3) is 0 Å². The Morgan fingerprint density at radius 3 is 2.74 bits per heavy atom.